The summed E-state index contributed by atoms with van der Waals surface area (Å²) in [5.74, 6) is -0.979. The first-order valence-electron chi connectivity index (χ1n) is 8.94. The number of carbonyl (C=O) groups is 2. The van der Waals surface area contributed by atoms with E-state index >= 15 is 0 Å². The Bertz CT molecular complexity index is 634. The van der Waals surface area contributed by atoms with Crippen molar-refractivity contribution in [3.8, 4) is 11.5 Å². The summed E-state index contributed by atoms with van der Waals surface area (Å²) in [5.41, 5.74) is 6.40. The van der Waals surface area contributed by atoms with Gasteiger partial charge in [0.2, 0.25) is 0 Å². The molecule has 0 aliphatic rings. The van der Waals surface area contributed by atoms with Gasteiger partial charge in [-0.1, -0.05) is 26.3 Å². The Morgan fingerprint density at radius 3 is 2.30 bits per heavy atom. The second-order valence-electron chi connectivity index (χ2n) is 6.67. The van der Waals surface area contributed by atoms with Crippen LogP contribution in [0.4, 0.5) is 4.79 Å². The molecule has 1 rings (SSSR count). The van der Waals surface area contributed by atoms with E-state index in [2.05, 4.69) is 0 Å². The van der Waals surface area contributed by atoms with Gasteiger partial charge >= 0.3 is 12.1 Å². The van der Waals surface area contributed by atoms with E-state index in [4.69, 9.17) is 19.9 Å². The van der Waals surface area contributed by atoms with Crippen LogP contribution < -0.4 is 5.73 Å². The number of phenolic OH excluding ortho intramolecular Hbond substituents is 2. The highest BCUT2D eigenvalue weighted by molar-refractivity contribution is 5.76. The minimum Gasteiger partial charge on any atom is -0.504 e. The van der Waals surface area contributed by atoms with Gasteiger partial charge in [0.1, 0.15) is 18.2 Å². The zero-order valence-corrected chi connectivity index (χ0v) is 16.2. The molecule has 0 saturated heterocycles. The van der Waals surface area contributed by atoms with Gasteiger partial charge in [-0.15, -0.1) is 0 Å². The highest BCUT2D eigenvalue weighted by atomic mass is 16.7. The van der Waals surface area contributed by atoms with Crippen molar-refractivity contribution in [2.75, 3.05) is 6.61 Å². The molecule has 0 amide bonds. The average Bonchev–Trinajstić information content (AvgIpc) is 2.62. The molecule has 4 N–H and O–H groups in total. The minimum atomic E-state index is -0.971. The lowest BCUT2D eigenvalue weighted by Crippen LogP contribution is -2.39. The van der Waals surface area contributed by atoms with Crippen LogP contribution in [-0.2, 0) is 25.4 Å². The van der Waals surface area contributed by atoms with Crippen LogP contribution >= 0.6 is 0 Å². The Morgan fingerprint density at radius 1 is 1.07 bits per heavy atom. The molecular weight excluding hydrogens is 354 g/mol. The van der Waals surface area contributed by atoms with Crippen LogP contribution in [0.25, 0.3) is 0 Å². The summed E-state index contributed by atoms with van der Waals surface area (Å²) in [6.07, 6.45) is -1.23. The van der Waals surface area contributed by atoms with E-state index < -0.39 is 30.4 Å². The summed E-state index contributed by atoms with van der Waals surface area (Å²) in [7, 11) is 0. The van der Waals surface area contributed by atoms with Crippen LogP contribution in [0.3, 0.4) is 0 Å². The van der Waals surface area contributed by atoms with Gasteiger partial charge in [-0.2, -0.15) is 0 Å². The molecule has 0 aromatic heterocycles. The molecule has 0 aliphatic carbocycles. The van der Waals surface area contributed by atoms with Gasteiger partial charge in [0.15, 0.2) is 11.5 Å². The van der Waals surface area contributed by atoms with Gasteiger partial charge < -0.3 is 30.2 Å². The fourth-order valence-electron chi connectivity index (χ4n) is 2.01. The molecule has 0 heterocycles. The second-order valence-corrected chi connectivity index (χ2v) is 6.67. The van der Waals surface area contributed by atoms with Crippen LogP contribution in [0.2, 0.25) is 0 Å². The fraction of sp³-hybridized carbons (Fsp3) is 0.579. The summed E-state index contributed by atoms with van der Waals surface area (Å²) in [6.45, 7) is 7.39. The third-order valence-electron chi connectivity index (χ3n) is 4.23. The number of hydrogen-bond donors (Lipinski definition) is 3. The summed E-state index contributed by atoms with van der Waals surface area (Å²) < 4.78 is 15.3. The number of aromatic hydroxyl groups is 2. The first-order valence-corrected chi connectivity index (χ1v) is 8.94. The molecule has 27 heavy (non-hydrogen) atoms. The van der Waals surface area contributed by atoms with Crippen molar-refractivity contribution in [2.45, 2.75) is 58.8 Å². The van der Waals surface area contributed by atoms with Crippen molar-refractivity contribution in [3.05, 3.63) is 23.8 Å². The standard InChI is InChI=1S/C19H29NO7/c1-5-11(2)10-25-19(24)27-13(4)12(3)26-18(23)15(20)8-14-6-7-16(21)17(22)9-14/h6-7,9,11-13,15,21-22H,5,8,10,20H2,1-4H3/t11?,12-,13+,15+/m1/s1. The van der Waals surface area contributed by atoms with Crippen LogP contribution in [0.1, 0.15) is 39.7 Å². The molecule has 0 bridgehead atoms. The molecule has 0 aliphatic heterocycles. The van der Waals surface area contributed by atoms with E-state index in [0.717, 1.165) is 6.42 Å². The van der Waals surface area contributed by atoms with Gasteiger partial charge in [0.05, 0.1) is 6.61 Å². The van der Waals surface area contributed by atoms with E-state index in [9.17, 15) is 19.8 Å². The predicted octanol–water partition coefficient (Wildman–Crippen LogP) is 2.49. The Morgan fingerprint density at radius 2 is 1.70 bits per heavy atom. The summed E-state index contributed by atoms with van der Waals surface area (Å²) in [4.78, 5) is 23.8. The molecule has 0 radical (unpaired) electrons. The normalized spacial score (nSPS) is 15.3. The zero-order valence-electron chi connectivity index (χ0n) is 16.2. The highest BCUT2D eigenvalue weighted by Gasteiger charge is 2.25. The predicted molar refractivity (Wildman–Crippen MR) is 98.4 cm³/mol. The van der Waals surface area contributed by atoms with Crippen molar-refractivity contribution in [1.29, 1.82) is 0 Å². The largest absolute Gasteiger partial charge is 0.508 e. The van der Waals surface area contributed by atoms with Crippen LogP contribution in [-0.4, -0.2) is 47.2 Å². The van der Waals surface area contributed by atoms with Crippen molar-refractivity contribution in [2.24, 2.45) is 11.7 Å². The first kappa shape index (κ1) is 22.6. The molecule has 152 valence electrons. The van der Waals surface area contributed by atoms with Crippen LogP contribution in [0.5, 0.6) is 11.5 Å². The highest BCUT2D eigenvalue weighted by Crippen LogP contribution is 2.25. The lowest BCUT2D eigenvalue weighted by Gasteiger charge is -2.22. The Balaban J connectivity index is 2.46. The molecule has 0 fully saturated rings. The van der Waals surface area contributed by atoms with Gasteiger partial charge in [-0.25, -0.2) is 4.79 Å². The molecule has 4 atom stereocenters. The minimum absolute atomic E-state index is 0.117. The van der Waals surface area contributed by atoms with Crippen molar-refractivity contribution >= 4 is 12.1 Å². The molecule has 8 heteroatoms. The van der Waals surface area contributed by atoms with Gasteiger partial charge in [0.25, 0.3) is 0 Å². The maximum Gasteiger partial charge on any atom is 0.508 e. The van der Waals surface area contributed by atoms with Gasteiger partial charge in [0, 0.05) is 0 Å². The van der Waals surface area contributed by atoms with E-state index in [1.807, 2.05) is 13.8 Å². The van der Waals surface area contributed by atoms with Crippen LogP contribution in [0, 0.1) is 5.92 Å². The van der Waals surface area contributed by atoms with E-state index in [1.54, 1.807) is 19.9 Å². The quantitative estimate of drug-likeness (QED) is 0.438. The molecule has 8 nitrogen and oxygen atoms in total. The Kier molecular flexibility index (Phi) is 8.87. The topological polar surface area (TPSA) is 128 Å². The van der Waals surface area contributed by atoms with Crippen molar-refractivity contribution < 1.29 is 34.0 Å². The van der Waals surface area contributed by atoms with E-state index in [1.165, 1.54) is 12.1 Å². The molecule has 1 aromatic carbocycles. The number of hydrogen-bond acceptors (Lipinski definition) is 8. The molecule has 1 aromatic rings. The monoisotopic (exact) mass is 383 g/mol. The van der Waals surface area contributed by atoms with E-state index in [-0.39, 0.29) is 30.4 Å². The van der Waals surface area contributed by atoms with E-state index in [0.29, 0.717) is 5.56 Å². The lowest BCUT2D eigenvalue weighted by atomic mass is 10.1. The smallest absolute Gasteiger partial charge is 0.504 e. The summed E-state index contributed by atoms with van der Waals surface area (Å²) in [5, 5.41) is 18.8. The zero-order chi connectivity index (χ0) is 20.6. The fourth-order valence-corrected chi connectivity index (χ4v) is 2.01. The maximum atomic E-state index is 12.1. The number of phenols is 2. The SMILES string of the molecule is CCC(C)COC(=O)O[C@@H](C)[C@@H](C)OC(=O)[C@@H](N)Cc1ccc(O)c(O)c1. The van der Waals surface area contributed by atoms with Crippen molar-refractivity contribution in [1.82, 2.24) is 0 Å². The third kappa shape index (κ3) is 7.74. The maximum absolute atomic E-state index is 12.1. The van der Waals surface area contributed by atoms with Crippen molar-refractivity contribution in [3.63, 3.8) is 0 Å². The number of esters is 1. The Hall–Kier alpha value is -2.48. The number of ether oxygens (including phenoxy) is 3. The number of rotatable bonds is 9. The Labute approximate surface area is 159 Å². The second kappa shape index (κ2) is 10.6. The van der Waals surface area contributed by atoms with Gasteiger partial charge in [-0.3, -0.25) is 4.79 Å². The third-order valence-corrected chi connectivity index (χ3v) is 4.23. The number of benzene rings is 1. The summed E-state index contributed by atoms with van der Waals surface area (Å²) in [6, 6.07) is 3.21. The number of carbonyl (C=O) groups excluding carboxylic acids is 2. The number of nitrogens with two attached hydrogens (primary N) is 1. The molecule has 1 unspecified atom stereocenters. The molecule has 0 spiro atoms. The molecule has 0 saturated carbocycles. The summed E-state index contributed by atoms with van der Waals surface area (Å²) >= 11 is 0. The average molecular weight is 383 g/mol. The molecular formula is C19H29NO7. The lowest BCUT2D eigenvalue weighted by molar-refractivity contribution is -0.155. The first-order chi connectivity index (χ1) is 12.6. The van der Waals surface area contributed by atoms with Gasteiger partial charge in [-0.05, 0) is 43.9 Å². The van der Waals surface area contributed by atoms with Crippen LogP contribution in [0.15, 0.2) is 18.2 Å².